The van der Waals surface area contributed by atoms with Gasteiger partial charge in [0.15, 0.2) is 0 Å². The van der Waals surface area contributed by atoms with Crippen LogP contribution < -0.4 is 0 Å². The maximum atomic E-state index is 8.33. The molecule has 0 heterocycles. The fraction of sp³-hybridized carbons (Fsp3) is 0.182. The van der Waals surface area contributed by atoms with Crippen LogP contribution in [0.4, 0.5) is 0 Å². The lowest BCUT2D eigenvalue weighted by atomic mass is 10.0. The first-order valence-corrected chi connectivity index (χ1v) is 3.96. The maximum Gasteiger partial charge on any atom is 0.0908 e. The summed E-state index contributed by atoms with van der Waals surface area (Å²) in [5.41, 5.74) is 1.24. The summed E-state index contributed by atoms with van der Waals surface area (Å²) in [6, 6.07) is 12.1. The van der Waals surface area contributed by atoms with Crippen molar-refractivity contribution in [3.63, 3.8) is 0 Å². The fourth-order valence-electron chi connectivity index (χ4n) is 1.06. The molecule has 0 amide bonds. The minimum absolute atomic E-state index is 0.325. The second kappa shape index (κ2) is 4.35. The Bertz CT molecular complexity index is 293. The molecule has 1 atom stereocenters. The molecule has 0 fully saturated rings. The SMILES string of the molecule is CC(/C=C\C#N)c1ccccc1. The van der Waals surface area contributed by atoms with Crippen molar-refractivity contribution < 1.29 is 0 Å². The fourth-order valence-corrected chi connectivity index (χ4v) is 1.06. The largest absolute Gasteiger partial charge is 0.193 e. The van der Waals surface area contributed by atoms with Crippen LogP contribution in [0.3, 0.4) is 0 Å². The van der Waals surface area contributed by atoms with E-state index in [9.17, 15) is 0 Å². The highest BCUT2D eigenvalue weighted by Gasteiger charge is 1.97. The zero-order valence-corrected chi connectivity index (χ0v) is 7.07. The number of nitriles is 1. The van der Waals surface area contributed by atoms with Crippen molar-refractivity contribution in [1.29, 1.82) is 5.26 Å². The average Bonchev–Trinajstić information content (AvgIpc) is 2.15. The first-order valence-electron chi connectivity index (χ1n) is 3.96. The number of rotatable bonds is 2. The van der Waals surface area contributed by atoms with E-state index in [0.29, 0.717) is 5.92 Å². The van der Waals surface area contributed by atoms with Gasteiger partial charge in [-0.2, -0.15) is 5.26 Å². The van der Waals surface area contributed by atoms with Gasteiger partial charge in [-0.3, -0.25) is 0 Å². The Kier molecular flexibility index (Phi) is 3.10. The highest BCUT2D eigenvalue weighted by atomic mass is 14.2. The molecule has 0 bridgehead atoms. The van der Waals surface area contributed by atoms with Gasteiger partial charge in [-0.05, 0) is 11.5 Å². The van der Waals surface area contributed by atoms with Gasteiger partial charge in [-0.1, -0.05) is 43.3 Å². The van der Waals surface area contributed by atoms with E-state index in [1.807, 2.05) is 30.3 Å². The smallest absolute Gasteiger partial charge is 0.0908 e. The lowest BCUT2D eigenvalue weighted by molar-refractivity contribution is 0.968. The molecule has 0 saturated heterocycles. The molecule has 0 saturated carbocycles. The number of hydrogen-bond acceptors (Lipinski definition) is 1. The second-order valence-electron chi connectivity index (χ2n) is 2.69. The maximum absolute atomic E-state index is 8.33. The summed E-state index contributed by atoms with van der Waals surface area (Å²) in [4.78, 5) is 0. The van der Waals surface area contributed by atoms with Gasteiger partial charge in [0.2, 0.25) is 0 Å². The molecule has 0 radical (unpaired) electrons. The topological polar surface area (TPSA) is 23.8 Å². The van der Waals surface area contributed by atoms with Crippen molar-refractivity contribution in [1.82, 2.24) is 0 Å². The van der Waals surface area contributed by atoms with Gasteiger partial charge in [0.05, 0.1) is 6.07 Å². The van der Waals surface area contributed by atoms with Crippen LogP contribution in [-0.4, -0.2) is 0 Å². The molecule has 1 unspecified atom stereocenters. The molecule has 1 nitrogen and oxygen atoms in total. The van der Waals surface area contributed by atoms with E-state index in [1.165, 1.54) is 11.6 Å². The Morgan fingerprint density at radius 2 is 2.00 bits per heavy atom. The minimum atomic E-state index is 0.325. The zero-order chi connectivity index (χ0) is 8.81. The summed E-state index contributed by atoms with van der Waals surface area (Å²) < 4.78 is 0. The van der Waals surface area contributed by atoms with Crippen LogP contribution in [0.15, 0.2) is 42.5 Å². The highest BCUT2D eigenvalue weighted by molar-refractivity contribution is 5.24. The molecule has 60 valence electrons. The lowest BCUT2D eigenvalue weighted by Crippen LogP contribution is -1.86. The molecule has 0 aliphatic carbocycles. The lowest BCUT2D eigenvalue weighted by Gasteiger charge is -2.03. The van der Waals surface area contributed by atoms with E-state index in [2.05, 4.69) is 19.1 Å². The van der Waals surface area contributed by atoms with E-state index in [-0.39, 0.29) is 0 Å². The predicted octanol–water partition coefficient (Wildman–Crippen LogP) is 2.87. The zero-order valence-electron chi connectivity index (χ0n) is 7.07. The third kappa shape index (κ3) is 2.25. The molecule has 1 aromatic carbocycles. The standard InChI is InChI=1S/C11H11N/c1-10(6-5-9-12)11-7-3-2-4-8-11/h2-8,10H,1H3/b6-5-. The van der Waals surface area contributed by atoms with E-state index >= 15 is 0 Å². The Hall–Kier alpha value is -1.55. The molecule has 1 rings (SSSR count). The normalized spacial score (nSPS) is 12.7. The first-order chi connectivity index (χ1) is 5.84. The van der Waals surface area contributed by atoms with Crippen LogP contribution in [0.1, 0.15) is 18.4 Å². The van der Waals surface area contributed by atoms with Crippen molar-refractivity contribution in [2.45, 2.75) is 12.8 Å². The van der Waals surface area contributed by atoms with Crippen molar-refractivity contribution in [3.8, 4) is 6.07 Å². The van der Waals surface area contributed by atoms with Crippen molar-refractivity contribution in [2.24, 2.45) is 0 Å². The van der Waals surface area contributed by atoms with Gasteiger partial charge in [-0.15, -0.1) is 0 Å². The molecular weight excluding hydrogens is 146 g/mol. The number of allylic oxidation sites excluding steroid dienone is 2. The minimum Gasteiger partial charge on any atom is -0.193 e. The Morgan fingerprint density at radius 3 is 2.58 bits per heavy atom. The van der Waals surface area contributed by atoms with Crippen LogP contribution in [-0.2, 0) is 0 Å². The Labute approximate surface area is 73.0 Å². The molecule has 0 aliphatic heterocycles. The molecule has 0 N–H and O–H groups in total. The van der Waals surface area contributed by atoms with Gasteiger partial charge in [-0.25, -0.2) is 0 Å². The first kappa shape index (κ1) is 8.55. The third-order valence-electron chi connectivity index (χ3n) is 1.78. The molecule has 0 spiro atoms. The molecule has 0 aromatic heterocycles. The van der Waals surface area contributed by atoms with Crippen LogP contribution in [0.25, 0.3) is 0 Å². The predicted molar refractivity (Wildman–Crippen MR) is 49.6 cm³/mol. The van der Waals surface area contributed by atoms with Crippen LogP contribution >= 0.6 is 0 Å². The summed E-state index contributed by atoms with van der Waals surface area (Å²) in [6.07, 6.45) is 3.42. The van der Waals surface area contributed by atoms with Gasteiger partial charge in [0.1, 0.15) is 0 Å². The third-order valence-corrected chi connectivity index (χ3v) is 1.78. The van der Waals surface area contributed by atoms with E-state index in [4.69, 9.17) is 5.26 Å². The molecule has 0 aliphatic rings. The Balaban J connectivity index is 2.73. The van der Waals surface area contributed by atoms with Gasteiger partial charge >= 0.3 is 0 Å². The highest BCUT2D eigenvalue weighted by Crippen LogP contribution is 2.14. The van der Waals surface area contributed by atoms with Gasteiger partial charge < -0.3 is 0 Å². The summed E-state index contributed by atoms with van der Waals surface area (Å²) in [7, 11) is 0. The van der Waals surface area contributed by atoms with E-state index < -0.39 is 0 Å². The second-order valence-corrected chi connectivity index (χ2v) is 2.69. The molecule has 1 heteroatoms. The molecule has 1 aromatic rings. The van der Waals surface area contributed by atoms with Crippen molar-refractivity contribution in [2.75, 3.05) is 0 Å². The monoisotopic (exact) mass is 157 g/mol. The molecular formula is C11H11N. The van der Waals surface area contributed by atoms with Crippen LogP contribution in [0, 0.1) is 11.3 Å². The van der Waals surface area contributed by atoms with E-state index in [0.717, 1.165) is 0 Å². The van der Waals surface area contributed by atoms with Crippen molar-refractivity contribution in [3.05, 3.63) is 48.0 Å². The molecule has 12 heavy (non-hydrogen) atoms. The van der Waals surface area contributed by atoms with Gasteiger partial charge in [0, 0.05) is 6.08 Å². The summed E-state index contributed by atoms with van der Waals surface area (Å²) in [6.45, 7) is 2.07. The quantitative estimate of drug-likeness (QED) is 0.605. The number of hydrogen-bond donors (Lipinski definition) is 0. The Morgan fingerprint density at radius 1 is 1.33 bits per heavy atom. The number of benzene rings is 1. The van der Waals surface area contributed by atoms with Crippen molar-refractivity contribution >= 4 is 0 Å². The number of nitrogens with zero attached hydrogens (tertiary/aromatic N) is 1. The van der Waals surface area contributed by atoms with Crippen LogP contribution in [0.2, 0.25) is 0 Å². The van der Waals surface area contributed by atoms with Gasteiger partial charge in [0.25, 0.3) is 0 Å². The summed E-state index contributed by atoms with van der Waals surface area (Å²) in [5.74, 6) is 0.325. The summed E-state index contributed by atoms with van der Waals surface area (Å²) in [5, 5.41) is 8.33. The van der Waals surface area contributed by atoms with Crippen LogP contribution in [0.5, 0.6) is 0 Å². The average molecular weight is 157 g/mol. The summed E-state index contributed by atoms with van der Waals surface area (Å²) >= 11 is 0. The van der Waals surface area contributed by atoms with E-state index in [1.54, 1.807) is 0 Å².